The van der Waals surface area contributed by atoms with Crippen molar-refractivity contribution >= 4 is 0 Å². The molecule has 2 atom stereocenters. The normalized spacial score (nSPS) is 24.4. The minimum atomic E-state index is -0.148. The molecule has 0 amide bonds. The van der Waals surface area contributed by atoms with Crippen LogP contribution in [-0.4, -0.2) is 17.1 Å². The third kappa shape index (κ3) is 3.29. The second-order valence-electron chi connectivity index (χ2n) is 6.33. The summed E-state index contributed by atoms with van der Waals surface area (Å²) in [6.07, 6.45) is 6.52. The summed E-state index contributed by atoms with van der Waals surface area (Å²) in [7, 11) is 0. The highest BCUT2D eigenvalue weighted by Crippen LogP contribution is 2.40. The average molecular weight is 250 g/mol. The summed E-state index contributed by atoms with van der Waals surface area (Å²) in [6.45, 7) is 7.48. The van der Waals surface area contributed by atoms with Crippen molar-refractivity contribution in [2.24, 2.45) is 5.92 Å². The Morgan fingerprint density at radius 1 is 1.39 bits per heavy atom. The molecule has 1 aromatic rings. The van der Waals surface area contributed by atoms with Crippen LogP contribution < -0.4 is 5.32 Å². The summed E-state index contributed by atoms with van der Waals surface area (Å²) in [5, 5.41) is 3.54. The van der Waals surface area contributed by atoms with Crippen LogP contribution in [0.2, 0.25) is 0 Å². The Morgan fingerprint density at radius 3 is 2.83 bits per heavy atom. The molecule has 2 nitrogen and oxygen atoms in total. The van der Waals surface area contributed by atoms with Crippen molar-refractivity contribution in [2.75, 3.05) is 6.54 Å². The molecule has 0 spiro atoms. The Morgan fingerprint density at radius 2 is 2.17 bits per heavy atom. The van der Waals surface area contributed by atoms with Gasteiger partial charge in [-0.3, -0.25) is 4.98 Å². The number of pyridine rings is 1. The molecule has 100 valence electrons. The van der Waals surface area contributed by atoms with Gasteiger partial charge in [-0.1, -0.05) is 6.42 Å². The molecule has 1 N–H and O–H groups in total. The zero-order valence-corrected chi connectivity index (χ0v) is 11.5. The predicted octanol–water partition coefficient (Wildman–Crippen LogP) is 3.49. The van der Waals surface area contributed by atoms with E-state index in [0.717, 1.165) is 18.5 Å². The van der Waals surface area contributed by atoms with Gasteiger partial charge in [-0.2, -0.15) is 0 Å². The highest BCUT2D eigenvalue weighted by atomic mass is 19.1. The van der Waals surface area contributed by atoms with E-state index in [1.54, 1.807) is 6.20 Å². The van der Waals surface area contributed by atoms with Gasteiger partial charge in [0.1, 0.15) is 5.82 Å². The molecule has 1 fully saturated rings. The van der Waals surface area contributed by atoms with E-state index in [1.807, 2.05) is 6.07 Å². The van der Waals surface area contributed by atoms with Gasteiger partial charge < -0.3 is 5.32 Å². The Hall–Kier alpha value is -0.960. The van der Waals surface area contributed by atoms with Crippen LogP contribution in [0.5, 0.6) is 0 Å². The van der Waals surface area contributed by atoms with E-state index < -0.39 is 0 Å². The molecule has 0 saturated heterocycles. The SMILES string of the molecule is CC(C)(C)NCC1CCCC1c1ccncc1F. The largest absolute Gasteiger partial charge is 0.312 e. The molecule has 0 aromatic carbocycles. The summed E-state index contributed by atoms with van der Waals surface area (Å²) in [6, 6.07) is 1.84. The zero-order valence-electron chi connectivity index (χ0n) is 11.5. The monoisotopic (exact) mass is 250 g/mol. The van der Waals surface area contributed by atoms with E-state index >= 15 is 0 Å². The molecule has 0 bridgehead atoms. The van der Waals surface area contributed by atoms with Crippen molar-refractivity contribution in [3.05, 3.63) is 29.8 Å². The highest BCUT2D eigenvalue weighted by molar-refractivity contribution is 5.20. The number of rotatable bonds is 3. The molecular formula is C15H23FN2. The van der Waals surface area contributed by atoms with Gasteiger partial charge in [0, 0.05) is 11.7 Å². The van der Waals surface area contributed by atoms with Gasteiger partial charge in [0.05, 0.1) is 6.20 Å². The number of hydrogen-bond donors (Lipinski definition) is 1. The Balaban J connectivity index is 2.06. The van der Waals surface area contributed by atoms with Gasteiger partial charge in [-0.05, 0) is 63.6 Å². The number of hydrogen-bond acceptors (Lipinski definition) is 2. The molecule has 3 heteroatoms. The van der Waals surface area contributed by atoms with Crippen molar-refractivity contribution in [3.63, 3.8) is 0 Å². The van der Waals surface area contributed by atoms with Gasteiger partial charge in [-0.15, -0.1) is 0 Å². The molecule has 1 saturated carbocycles. The van der Waals surface area contributed by atoms with Crippen molar-refractivity contribution < 1.29 is 4.39 Å². The lowest BCUT2D eigenvalue weighted by Crippen LogP contribution is -2.39. The van der Waals surface area contributed by atoms with Crippen molar-refractivity contribution in [1.82, 2.24) is 10.3 Å². The summed E-state index contributed by atoms with van der Waals surface area (Å²) >= 11 is 0. The number of aromatic nitrogens is 1. The van der Waals surface area contributed by atoms with E-state index in [2.05, 4.69) is 31.1 Å². The smallest absolute Gasteiger partial charge is 0.144 e. The van der Waals surface area contributed by atoms with Crippen molar-refractivity contribution in [2.45, 2.75) is 51.5 Å². The molecular weight excluding hydrogens is 227 g/mol. The fourth-order valence-electron chi connectivity index (χ4n) is 2.81. The average Bonchev–Trinajstić information content (AvgIpc) is 2.74. The predicted molar refractivity (Wildman–Crippen MR) is 72.0 cm³/mol. The lowest BCUT2D eigenvalue weighted by atomic mass is 9.88. The molecule has 1 aromatic heterocycles. The molecule has 0 aliphatic heterocycles. The van der Waals surface area contributed by atoms with Gasteiger partial charge in [-0.25, -0.2) is 4.39 Å². The van der Waals surface area contributed by atoms with Gasteiger partial charge in [0.15, 0.2) is 0 Å². The Labute approximate surface area is 109 Å². The van der Waals surface area contributed by atoms with E-state index in [9.17, 15) is 4.39 Å². The summed E-state index contributed by atoms with van der Waals surface area (Å²) in [4.78, 5) is 3.84. The second kappa shape index (κ2) is 5.35. The van der Waals surface area contributed by atoms with E-state index in [0.29, 0.717) is 11.8 Å². The second-order valence-corrected chi connectivity index (χ2v) is 6.33. The summed E-state index contributed by atoms with van der Waals surface area (Å²) in [5.74, 6) is 0.745. The van der Waals surface area contributed by atoms with Gasteiger partial charge in [0.2, 0.25) is 0 Å². The van der Waals surface area contributed by atoms with Crippen LogP contribution in [0.1, 0.15) is 51.5 Å². The molecule has 2 unspecified atom stereocenters. The van der Waals surface area contributed by atoms with Crippen molar-refractivity contribution in [3.8, 4) is 0 Å². The van der Waals surface area contributed by atoms with Crippen LogP contribution >= 0.6 is 0 Å². The zero-order chi connectivity index (χ0) is 13.2. The molecule has 2 rings (SSSR count). The van der Waals surface area contributed by atoms with Crippen LogP contribution in [0.15, 0.2) is 18.5 Å². The minimum absolute atomic E-state index is 0.129. The molecule has 18 heavy (non-hydrogen) atoms. The molecule has 1 aliphatic rings. The van der Waals surface area contributed by atoms with Crippen LogP contribution in [0.25, 0.3) is 0 Å². The maximum absolute atomic E-state index is 13.8. The molecule has 0 radical (unpaired) electrons. The van der Waals surface area contributed by atoms with Gasteiger partial charge in [0.25, 0.3) is 0 Å². The van der Waals surface area contributed by atoms with Crippen LogP contribution in [0.3, 0.4) is 0 Å². The highest BCUT2D eigenvalue weighted by Gasteiger charge is 2.30. The summed E-state index contributed by atoms with van der Waals surface area (Å²) in [5.41, 5.74) is 0.979. The van der Waals surface area contributed by atoms with Gasteiger partial charge >= 0.3 is 0 Å². The lowest BCUT2D eigenvalue weighted by Gasteiger charge is -2.26. The first-order chi connectivity index (χ1) is 8.47. The van der Waals surface area contributed by atoms with Crippen molar-refractivity contribution in [1.29, 1.82) is 0 Å². The van der Waals surface area contributed by atoms with Crippen LogP contribution in [0.4, 0.5) is 4.39 Å². The first-order valence-corrected chi connectivity index (χ1v) is 6.82. The lowest BCUT2D eigenvalue weighted by molar-refractivity contribution is 0.353. The third-order valence-electron chi connectivity index (χ3n) is 3.76. The maximum atomic E-state index is 13.8. The number of halogens is 1. The molecule has 1 aliphatic carbocycles. The Bertz CT molecular complexity index is 398. The Kier molecular flexibility index (Phi) is 4.00. The standard InChI is InChI=1S/C15H23FN2/c1-15(2,3)18-9-11-5-4-6-12(11)13-7-8-17-10-14(13)16/h7-8,10-12,18H,4-6,9H2,1-3H3. The first kappa shape index (κ1) is 13.5. The first-order valence-electron chi connectivity index (χ1n) is 6.82. The van der Waals surface area contributed by atoms with Crippen LogP contribution in [0, 0.1) is 11.7 Å². The van der Waals surface area contributed by atoms with Crippen LogP contribution in [-0.2, 0) is 0 Å². The number of nitrogens with one attached hydrogen (secondary N) is 1. The topological polar surface area (TPSA) is 24.9 Å². The van der Waals surface area contributed by atoms with E-state index in [-0.39, 0.29) is 11.4 Å². The quantitative estimate of drug-likeness (QED) is 0.888. The fourth-order valence-corrected chi connectivity index (χ4v) is 2.81. The minimum Gasteiger partial charge on any atom is -0.312 e. The molecule has 1 heterocycles. The summed E-state index contributed by atoms with van der Waals surface area (Å²) < 4.78 is 13.8. The number of nitrogens with zero attached hydrogens (tertiary/aromatic N) is 1. The third-order valence-corrected chi connectivity index (χ3v) is 3.76. The maximum Gasteiger partial charge on any atom is 0.144 e. The van der Waals surface area contributed by atoms with E-state index in [4.69, 9.17) is 0 Å². The van der Waals surface area contributed by atoms with E-state index in [1.165, 1.54) is 19.0 Å². The fraction of sp³-hybridized carbons (Fsp3) is 0.667.